The molecule has 0 saturated heterocycles. The van der Waals surface area contributed by atoms with Gasteiger partial charge in [-0.2, -0.15) is 0 Å². The summed E-state index contributed by atoms with van der Waals surface area (Å²) >= 11 is 0. The fourth-order valence-electron chi connectivity index (χ4n) is 3.72. The minimum atomic E-state index is -3.55. The fourth-order valence-corrected chi connectivity index (χ4v) is 4.37. The van der Waals surface area contributed by atoms with Crippen LogP contribution in [0.4, 0.5) is 11.4 Å². The monoisotopic (exact) mass is 399 g/mol. The van der Waals surface area contributed by atoms with Crippen molar-refractivity contribution in [3.8, 4) is 11.5 Å². The van der Waals surface area contributed by atoms with E-state index in [-0.39, 0.29) is 5.75 Å². The number of primary sulfonamides is 1. The van der Waals surface area contributed by atoms with E-state index in [0.29, 0.717) is 17.1 Å². The van der Waals surface area contributed by atoms with Crippen molar-refractivity contribution in [3.63, 3.8) is 0 Å². The second kappa shape index (κ2) is 6.96. The molecule has 0 spiro atoms. The number of aromatic nitrogens is 1. The smallest absolute Gasteiger partial charge is 0.213 e. The number of benzene rings is 2. The number of nitrogens with two attached hydrogens (primary N) is 1. The largest absolute Gasteiger partial charge is 0.493 e. The van der Waals surface area contributed by atoms with Gasteiger partial charge >= 0.3 is 0 Å². The number of hydrogen-bond acceptors (Lipinski definition) is 6. The molecular weight excluding hydrogens is 378 g/mol. The first-order chi connectivity index (χ1) is 13.4. The van der Waals surface area contributed by atoms with Crippen molar-refractivity contribution in [2.75, 3.05) is 25.7 Å². The lowest BCUT2D eigenvalue weighted by Crippen LogP contribution is -2.15. The van der Waals surface area contributed by atoms with Gasteiger partial charge in [0.2, 0.25) is 10.0 Å². The van der Waals surface area contributed by atoms with Crippen molar-refractivity contribution in [2.24, 2.45) is 5.14 Å². The molecule has 28 heavy (non-hydrogen) atoms. The molecule has 0 atom stereocenters. The van der Waals surface area contributed by atoms with E-state index in [0.717, 1.165) is 40.8 Å². The van der Waals surface area contributed by atoms with Crippen LogP contribution in [0.15, 0.2) is 42.6 Å². The summed E-state index contributed by atoms with van der Waals surface area (Å²) in [6, 6.07) is 11.5. The average molecular weight is 399 g/mol. The summed E-state index contributed by atoms with van der Waals surface area (Å²) in [6.07, 6.45) is 2.60. The summed E-state index contributed by atoms with van der Waals surface area (Å²) in [5.74, 6) is 1.12. The van der Waals surface area contributed by atoms with Crippen LogP contribution in [0.5, 0.6) is 11.5 Å². The number of fused-ring (bicyclic) bond motifs is 2. The lowest BCUT2D eigenvalue weighted by atomic mass is 10.1. The van der Waals surface area contributed by atoms with Crippen molar-refractivity contribution in [2.45, 2.75) is 12.2 Å². The summed E-state index contributed by atoms with van der Waals surface area (Å²) in [7, 11) is -0.341. The molecule has 4 rings (SSSR count). The van der Waals surface area contributed by atoms with Crippen LogP contribution in [0, 0.1) is 0 Å². The van der Waals surface area contributed by atoms with Crippen LogP contribution in [-0.2, 0) is 22.2 Å². The number of pyridine rings is 1. The fraction of sp³-hybridized carbons (Fsp3) is 0.250. The highest BCUT2D eigenvalue weighted by molar-refractivity contribution is 7.88. The van der Waals surface area contributed by atoms with Gasteiger partial charge in [0.1, 0.15) is 0 Å². The number of ether oxygens (including phenoxy) is 2. The zero-order chi connectivity index (χ0) is 19.9. The number of rotatable bonds is 5. The first-order valence-corrected chi connectivity index (χ1v) is 10.5. The molecule has 0 unspecified atom stereocenters. The second-order valence-electron chi connectivity index (χ2n) is 6.73. The van der Waals surface area contributed by atoms with Crippen LogP contribution in [0.3, 0.4) is 0 Å². The quantitative estimate of drug-likeness (QED) is 0.709. The SMILES string of the molecule is COc1cc2nccc(N3CCc4cc(CS(N)(=O)=O)ccc43)c2cc1OC. The Balaban J connectivity index is 1.79. The van der Waals surface area contributed by atoms with Gasteiger partial charge in [-0.1, -0.05) is 12.1 Å². The zero-order valence-electron chi connectivity index (χ0n) is 15.7. The predicted octanol–water partition coefficient (Wildman–Crippen LogP) is 2.73. The predicted molar refractivity (Wildman–Crippen MR) is 109 cm³/mol. The third-order valence-electron chi connectivity index (χ3n) is 4.92. The maximum atomic E-state index is 11.4. The van der Waals surface area contributed by atoms with Gasteiger partial charge in [0.15, 0.2) is 11.5 Å². The molecule has 0 aliphatic carbocycles. The first kappa shape index (κ1) is 18.5. The molecule has 1 aromatic heterocycles. The molecule has 0 fully saturated rings. The van der Waals surface area contributed by atoms with Crippen LogP contribution in [0.25, 0.3) is 10.9 Å². The Morgan fingerprint density at radius 3 is 2.54 bits per heavy atom. The zero-order valence-corrected chi connectivity index (χ0v) is 16.5. The van der Waals surface area contributed by atoms with Gasteiger partial charge in [0.05, 0.1) is 31.2 Å². The number of methoxy groups -OCH3 is 2. The molecule has 7 nitrogen and oxygen atoms in total. The van der Waals surface area contributed by atoms with Crippen molar-refractivity contribution in [1.29, 1.82) is 0 Å². The Kier molecular flexibility index (Phi) is 4.60. The molecule has 3 aromatic rings. The van der Waals surface area contributed by atoms with Crippen molar-refractivity contribution < 1.29 is 17.9 Å². The third-order valence-corrected chi connectivity index (χ3v) is 5.66. The van der Waals surface area contributed by atoms with Gasteiger partial charge < -0.3 is 14.4 Å². The number of nitrogens with zero attached hydrogens (tertiary/aromatic N) is 2. The number of sulfonamides is 1. The maximum absolute atomic E-state index is 11.4. The van der Waals surface area contributed by atoms with Gasteiger partial charge in [-0.15, -0.1) is 0 Å². The molecule has 0 saturated carbocycles. The second-order valence-corrected chi connectivity index (χ2v) is 8.34. The third kappa shape index (κ3) is 3.36. The van der Waals surface area contributed by atoms with Gasteiger partial charge in [-0.25, -0.2) is 13.6 Å². The topological polar surface area (TPSA) is 94.7 Å². The molecule has 2 N–H and O–H groups in total. The van der Waals surface area contributed by atoms with Crippen LogP contribution in [0.1, 0.15) is 11.1 Å². The van der Waals surface area contributed by atoms with Crippen molar-refractivity contribution >= 4 is 32.3 Å². The lowest BCUT2D eigenvalue weighted by Gasteiger charge is -2.22. The maximum Gasteiger partial charge on any atom is 0.213 e. The van der Waals surface area contributed by atoms with Crippen LogP contribution in [0.2, 0.25) is 0 Å². The highest BCUT2D eigenvalue weighted by Crippen LogP contribution is 2.41. The Bertz CT molecular complexity index is 1160. The van der Waals surface area contributed by atoms with E-state index in [1.807, 2.05) is 36.4 Å². The van der Waals surface area contributed by atoms with Gasteiger partial charge in [0, 0.05) is 29.9 Å². The average Bonchev–Trinajstić information content (AvgIpc) is 3.08. The highest BCUT2D eigenvalue weighted by Gasteiger charge is 2.23. The normalized spacial score (nSPS) is 13.6. The van der Waals surface area contributed by atoms with E-state index < -0.39 is 10.0 Å². The Morgan fingerprint density at radius 2 is 1.82 bits per heavy atom. The minimum Gasteiger partial charge on any atom is -0.493 e. The van der Waals surface area contributed by atoms with E-state index in [2.05, 4.69) is 9.88 Å². The van der Waals surface area contributed by atoms with Crippen molar-refractivity contribution in [1.82, 2.24) is 4.98 Å². The highest BCUT2D eigenvalue weighted by atomic mass is 32.2. The summed E-state index contributed by atoms with van der Waals surface area (Å²) in [4.78, 5) is 6.68. The molecule has 2 aromatic carbocycles. The Labute approximate surface area is 163 Å². The van der Waals surface area contributed by atoms with Crippen molar-refractivity contribution in [3.05, 3.63) is 53.7 Å². The Hall–Kier alpha value is -2.84. The van der Waals surface area contributed by atoms with E-state index in [9.17, 15) is 8.42 Å². The molecule has 0 radical (unpaired) electrons. The standard InChI is InChI=1S/C20H21N3O4S/c1-26-19-10-15-16(11-20(19)27-2)22-7-5-18(15)23-8-6-14-9-13(3-4-17(14)23)12-28(21,24)25/h3-5,7,9-11H,6,8,12H2,1-2H3,(H2,21,24,25). The molecule has 0 amide bonds. The minimum absolute atomic E-state index is 0.157. The van der Waals surface area contributed by atoms with Gasteiger partial charge in [-0.05, 0) is 35.7 Å². The molecule has 1 aliphatic rings. The number of anilines is 2. The lowest BCUT2D eigenvalue weighted by molar-refractivity contribution is 0.356. The van der Waals surface area contributed by atoms with E-state index in [1.165, 1.54) is 0 Å². The molecular formula is C20H21N3O4S. The number of hydrogen-bond donors (Lipinski definition) is 1. The summed E-state index contributed by atoms with van der Waals surface area (Å²) in [5, 5.41) is 6.14. The molecule has 0 bridgehead atoms. The van der Waals surface area contributed by atoms with Crippen LogP contribution >= 0.6 is 0 Å². The van der Waals surface area contributed by atoms with E-state index >= 15 is 0 Å². The summed E-state index contributed by atoms with van der Waals surface area (Å²) in [5.41, 5.74) is 4.69. The van der Waals surface area contributed by atoms with Crippen LogP contribution in [-0.4, -0.2) is 34.2 Å². The first-order valence-electron chi connectivity index (χ1n) is 8.80. The molecule has 2 heterocycles. The molecule has 146 valence electrons. The Morgan fingerprint density at radius 1 is 1.07 bits per heavy atom. The summed E-state index contributed by atoms with van der Waals surface area (Å²) < 4.78 is 33.6. The van der Waals surface area contributed by atoms with E-state index in [4.69, 9.17) is 14.6 Å². The molecule has 8 heteroatoms. The summed E-state index contributed by atoms with van der Waals surface area (Å²) in [6.45, 7) is 0.793. The van der Waals surface area contributed by atoms with Crippen LogP contribution < -0.4 is 19.5 Å². The van der Waals surface area contributed by atoms with Gasteiger partial charge in [-0.3, -0.25) is 4.98 Å². The van der Waals surface area contributed by atoms with E-state index in [1.54, 1.807) is 20.4 Å². The molecule has 1 aliphatic heterocycles. The van der Waals surface area contributed by atoms with Gasteiger partial charge in [0.25, 0.3) is 0 Å².